The largest absolute Gasteiger partial charge is 0.326 e. The molecular weight excluding hydrogens is 425 g/mol. The summed E-state index contributed by atoms with van der Waals surface area (Å²) in [4.78, 5) is 24.2. The van der Waals surface area contributed by atoms with E-state index in [-0.39, 0.29) is 23.7 Å². The lowest BCUT2D eigenvalue weighted by Gasteiger charge is -2.10. The van der Waals surface area contributed by atoms with Crippen LogP contribution in [0.5, 0.6) is 0 Å². The average molecular weight is 444 g/mol. The first-order valence-electron chi connectivity index (χ1n) is 8.82. The van der Waals surface area contributed by atoms with E-state index in [0.29, 0.717) is 18.7 Å². The Morgan fingerprint density at radius 1 is 1.14 bits per heavy atom. The number of carbonyl (C=O) groups excluding carboxylic acids is 1. The van der Waals surface area contributed by atoms with Gasteiger partial charge < -0.3 is 5.32 Å². The van der Waals surface area contributed by atoms with Crippen LogP contribution in [0.4, 0.5) is 10.1 Å². The van der Waals surface area contributed by atoms with Gasteiger partial charge in [-0.1, -0.05) is 15.9 Å². The van der Waals surface area contributed by atoms with Gasteiger partial charge in [0.15, 0.2) is 0 Å². The van der Waals surface area contributed by atoms with Crippen molar-refractivity contribution in [1.82, 2.24) is 9.78 Å². The molecule has 0 unspecified atom stereocenters. The van der Waals surface area contributed by atoms with E-state index in [1.165, 1.54) is 22.9 Å². The number of hydrogen-bond donors (Lipinski definition) is 1. The van der Waals surface area contributed by atoms with Gasteiger partial charge in [0.25, 0.3) is 5.56 Å². The number of anilines is 1. The third-order valence-electron chi connectivity index (χ3n) is 4.24. The molecule has 0 aliphatic carbocycles. The standard InChI is InChI=1S/C21H19BrFN3O2/c1-14-13-16(22)6-9-18(14)24-20(27)3-2-12-26-21(28)11-10-19(25-26)15-4-7-17(23)8-5-15/h4-11,13H,2-3,12H2,1H3,(H,24,27). The Hall–Kier alpha value is -2.80. The van der Waals surface area contributed by atoms with Crippen LogP contribution in [-0.4, -0.2) is 15.7 Å². The van der Waals surface area contributed by atoms with Crippen LogP contribution in [0, 0.1) is 12.7 Å². The van der Waals surface area contributed by atoms with Gasteiger partial charge in [0.1, 0.15) is 5.82 Å². The highest BCUT2D eigenvalue weighted by Gasteiger charge is 2.07. The van der Waals surface area contributed by atoms with Gasteiger partial charge in [0.2, 0.25) is 5.91 Å². The van der Waals surface area contributed by atoms with Crippen LogP contribution >= 0.6 is 15.9 Å². The maximum atomic E-state index is 13.1. The zero-order valence-electron chi connectivity index (χ0n) is 15.3. The zero-order valence-corrected chi connectivity index (χ0v) is 16.9. The van der Waals surface area contributed by atoms with E-state index in [1.807, 2.05) is 25.1 Å². The average Bonchev–Trinajstić information content (AvgIpc) is 2.66. The maximum absolute atomic E-state index is 13.1. The molecule has 144 valence electrons. The number of nitrogens with zero attached hydrogens (tertiary/aromatic N) is 2. The molecule has 2 aromatic carbocycles. The SMILES string of the molecule is Cc1cc(Br)ccc1NC(=O)CCCn1nc(-c2ccc(F)cc2)ccc1=O. The highest BCUT2D eigenvalue weighted by Crippen LogP contribution is 2.20. The van der Waals surface area contributed by atoms with E-state index in [4.69, 9.17) is 0 Å². The number of halogens is 2. The first kappa shape index (κ1) is 19.9. The number of aryl methyl sites for hydroxylation is 2. The molecule has 0 atom stereocenters. The lowest BCUT2D eigenvalue weighted by atomic mass is 10.1. The second kappa shape index (κ2) is 8.93. The molecule has 1 aromatic heterocycles. The maximum Gasteiger partial charge on any atom is 0.266 e. The van der Waals surface area contributed by atoms with Gasteiger partial charge in [0, 0.05) is 34.8 Å². The Morgan fingerprint density at radius 3 is 2.61 bits per heavy atom. The van der Waals surface area contributed by atoms with Gasteiger partial charge >= 0.3 is 0 Å². The molecule has 0 aliphatic rings. The van der Waals surface area contributed by atoms with E-state index < -0.39 is 0 Å². The minimum atomic E-state index is -0.330. The molecule has 0 bridgehead atoms. The summed E-state index contributed by atoms with van der Waals surface area (Å²) in [5, 5.41) is 7.20. The Bertz CT molecular complexity index is 1050. The monoisotopic (exact) mass is 443 g/mol. The summed E-state index contributed by atoms with van der Waals surface area (Å²) < 4.78 is 15.4. The number of aromatic nitrogens is 2. The predicted molar refractivity (Wildman–Crippen MR) is 111 cm³/mol. The highest BCUT2D eigenvalue weighted by molar-refractivity contribution is 9.10. The molecule has 7 heteroatoms. The fraction of sp³-hybridized carbons (Fsp3) is 0.190. The summed E-state index contributed by atoms with van der Waals surface area (Å²) in [6, 6.07) is 14.6. The van der Waals surface area contributed by atoms with Gasteiger partial charge in [-0.15, -0.1) is 0 Å². The Morgan fingerprint density at radius 2 is 1.89 bits per heavy atom. The van der Waals surface area contributed by atoms with Gasteiger partial charge in [-0.3, -0.25) is 9.59 Å². The second-order valence-corrected chi connectivity index (χ2v) is 7.31. The molecular formula is C21H19BrFN3O2. The van der Waals surface area contributed by atoms with Crippen molar-refractivity contribution < 1.29 is 9.18 Å². The number of nitrogens with one attached hydrogen (secondary N) is 1. The van der Waals surface area contributed by atoms with Gasteiger partial charge in [-0.25, -0.2) is 9.07 Å². The van der Waals surface area contributed by atoms with Crippen LogP contribution in [0.2, 0.25) is 0 Å². The number of amides is 1. The fourth-order valence-corrected chi connectivity index (χ4v) is 3.23. The van der Waals surface area contributed by atoms with E-state index in [9.17, 15) is 14.0 Å². The summed E-state index contributed by atoms with van der Waals surface area (Å²) in [5.41, 5.74) is 2.79. The molecule has 3 aromatic rings. The second-order valence-electron chi connectivity index (χ2n) is 6.40. The van der Waals surface area contributed by atoms with Crippen molar-refractivity contribution >= 4 is 27.5 Å². The quantitative estimate of drug-likeness (QED) is 0.607. The van der Waals surface area contributed by atoms with Crippen molar-refractivity contribution in [2.24, 2.45) is 0 Å². The Labute approximate surface area is 170 Å². The first-order valence-corrected chi connectivity index (χ1v) is 9.62. The fourth-order valence-electron chi connectivity index (χ4n) is 2.75. The summed E-state index contributed by atoms with van der Waals surface area (Å²) >= 11 is 3.39. The van der Waals surface area contributed by atoms with E-state index in [1.54, 1.807) is 18.2 Å². The molecule has 1 amide bonds. The number of rotatable bonds is 6. The van der Waals surface area contributed by atoms with Crippen molar-refractivity contribution in [1.29, 1.82) is 0 Å². The van der Waals surface area contributed by atoms with E-state index >= 15 is 0 Å². The van der Waals surface area contributed by atoms with Gasteiger partial charge in [0.05, 0.1) is 5.69 Å². The van der Waals surface area contributed by atoms with Crippen molar-refractivity contribution in [2.45, 2.75) is 26.3 Å². The minimum Gasteiger partial charge on any atom is -0.326 e. The Balaban J connectivity index is 1.61. The highest BCUT2D eigenvalue weighted by atomic mass is 79.9. The molecule has 0 saturated heterocycles. The van der Waals surface area contributed by atoms with Crippen LogP contribution in [0.25, 0.3) is 11.3 Å². The number of hydrogen-bond acceptors (Lipinski definition) is 3. The van der Waals surface area contributed by atoms with Crippen LogP contribution in [0.1, 0.15) is 18.4 Å². The molecule has 3 rings (SSSR count). The molecule has 1 N–H and O–H groups in total. The summed E-state index contributed by atoms with van der Waals surface area (Å²) in [5.74, 6) is -0.447. The summed E-state index contributed by atoms with van der Waals surface area (Å²) in [7, 11) is 0. The van der Waals surface area contributed by atoms with Crippen molar-refractivity contribution in [3.8, 4) is 11.3 Å². The van der Waals surface area contributed by atoms with Crippen LogP contribution in [0.15, 0.2) is 63.9 Å². The number of benzene rings is 2. The molecule has 28 heavy (non-hydrogen) atoms. The molecule has 0 aliphatic heterocycles. The lowest BCUT2D eigenvalue weighted by molar-refractivity contribution is -0.116. The number of carbonyl (C=O) groups is 1. The molecule has 5 nitrogen and oxygen atoms in total. The molecule has 0 saturated carbocycles. The van der Waals surface area contributed by atoms with Gasteiger partial charge in [-0.2, -0.15) is 5.10 Å². The van der Waals surface area contributed by atoms with Crippen molar-refractivity contribution in [2.75, 3.05) is 5.32 Å². The minimum absolute atomic E-state index is 0.117. The smallest absolute Gasteiger partial charge is 0.266 e. The summed E-state index contributed by atoms with van der Waals surface area (Å²) in [6.07, 6.45) is 0.742. The van der Waals surface area contributed by atoms with Crippen LogP contribution in [0.3, 0.4) is 0 Å². The zero-order chi connectivity index (χ0) is 20.1. The molecule has 1 heterocycles. The predicted octanol–water partition coefficient (Wildman–Crippen LogP) is 4.54. The van der Waals surface area contributed by atoms with E-state index in [0.717, 1.165) is 21.3 Å². The van der Waals surface area contributed by atoms with E-state index in [2.05, 4.69) is 26.3 Å². The molecule has 0 radical (unpaired) electrons. The normalized spacial score (nSPS) is 10.7. The topological polar surface area (TPSA) is 64.0 Å². The summed E-state index contributed by atoms with van der Waals surface area (Å²) in [6.45, 7) is 2.24. The van der Waals surface area contributed by atoms with Crippen LogP contribution in [-0.2, 0) is 11.3 Å². The Kier molecular flexibility index (Phi) is 6.36. The first-order chi connectivity index (χ1) is 13.4. The molecule has 0 fully saturated rings. The lowest BCUT2D eigenvalue weighted by Crippen LogP contribution is -2.23. The van der Waals surface area contributed by atoms with Crippen molar-refractivity contribution in [3.05, 3.63) is 80.8 Å². The van der Waals surface area contributed by atoms with Gasteiger partial charge in [-0.05, 0) is 67.4 Å². The third-order valence-corrected chi connectivity index (χ3v) is 4.74. The van der Waals surface area contributed by atoms with Crippen molar-refractivity contribution in [3.63, 3.8) is 0 Å². The molecule has 0 spiro atoms. The van der Waals surface area contributed by atoms with Crippen LogP contribution < -0.4 is 10.9 Å². The third kappa shape index (κ3) is 5.13.